The molecule has 0 radical (unpaired) electrons. The van der Waals surface area contributed by atoms with E-state index in [0.717, 1.165) is 22.8 Å². The number of pyridine rings is 1. The average Bonchev–Trinajstić information content (AvgIpc) is 3.00. The maximum atomic E-state index is 5.40. The normalized spacial score (nSPS) is 14.0. The highest BCUT2D eigenvalue weighted by Gasteiger charge is 2.15. The van der Waals surface area contributed by atoms with Crippen LogP contribution in [0, 0.1) is 0 Å². The first-order valence-electron chi connectivity index (χ1n) is 6.89. The second kappa shape index (κ2) is 6.01. The lowest BCUT2D eigenvalue weighted by atomic mass is 10.1. The monoisotopic (exact) mass is 286 g/mol. The second-order valence-corrected chi connectivity index (χ2v) is 4.89. The van der Waals surface area contributed by atoms with Crippen molar-refractivity contribution in [3.05, 3.63) is 47.7 Å². The Morgan fingerprint density at radius 2 is 2.10 bits per heavy atom. The molecule has 1 N–H and O–H groups in total. The fourth-order valence-corrected chi connectivity index (χ4v) is 2.23. The number of fused-ring (bicyclic) bond motifs is 1. The van der Waals surface area contributed by atoms with Crippen LogP contribution in [-0.2, 0) is 6.54 Å². The number of hydrogen-bond donors (Lipinski definition) is 1. The van der Waals surface area contributed by atoms with Crippen molar-refractivity contribution in [1.29, 1.82) is 0 Å². The molecule has 1 aliphatic heterocycles. The SMILES string of the molecule is COc1cccc(CNC(C)c2ccc3c(c2)OCO3)n1. The van der Waals surface area contributed by atoms with Crippen molar-refractivity contribution in [3.63, 3.8) is 0 Å². The molecule has 5 heteroatoms. The molecule has 0 bridgehead atoms. The summed E-state index contributed by atoms with van der Waals surface area (Å²) in [7, 11) is 1.62. The number of hydrogen-bond acceptors (Lipinski definition) is 5. The van der Waals surface area contributed by atoms with E-state index in [1.54, 1.807) is 7.11 Å². The number of nitrogens with zero attached hydrogens (tertiary/aromatic N) is 1. The maximum absolute atomic E-state index is 5.40. The van der Waals surface area contributed by atoms with Crippen molar-refractivity contribution in [3.8, 4) is 17.4 Å². The molecule has 0 saturated carbocycles. The van der Waals surface area contributed by atoms with Crippen LogP contribution in [0.2, 0.25) is 0 Å². The smallest absolute Gasteiger partial charge is 0.231 e. The predicted molar refractivity (Wildman–Crippen MR) is 78.6 cm³/mol. The Balaban J connectivity index is 1.64. The topological polar surface area (TPSA) is 52.6 Å². The van der Waals surface area contributed by atoms with Gasteiger partial charge in [-0.2, -0.15) is 0 Å². The van der Waals surface area contributed by atoms with Crippen molar-refractivity contribution < 1.29 is 14.2 Å². The summed E-state index contributed by atoms with van der Waals surface area (Å²) in [5.41, 5.74) is 2.10. The highest BCUT2D eigenvalue weighted by atomic mass is 16.7. The van der Waals surface area contributed by atoms with Gasteiger partial charge in [-0.05, 0) is 30.7 Å². The zero-order valence-corrected chi connectivity index (χ0v) is 12.1. The van der Waals surface area contributed by atoms with Crippen LogP contribution in [0.25, 0.3) is 0 Å². The molecule has 0 amide bonds. The number of nitrogens with one attached hydrogen (secondary N) is 1. The number of rotatable bonds is 5. The number of ether oxygens (including phenoxy) is 3. The van der Waals surface area contributed by atoms with Gasteiger partial charge in [0.15, 0.2) is 11.5 Å². The standard InChI is InChI=1S/C16H18N2O3/c1-11(12-6-7-14-15(8-12)21-10-20-14)17-9-13-4-3-5-16(18-13)19-2/h3-8,11,17H,9-10H2,1-2H3. The molecule has 0 spiro atoms. The molecular weight excluding hydrogens is 268 g/mol. The molecule has 2 heterocycles. The summed E-state index contributed by atoms with van der Waals surface area (Å²) in [6.07, 6.45) is 0. The van der Waals surface area contributed by atoms with Gasteiger partial charge in [0.25, 0.3) is 0 Å². The molecule has 5 nitrogen and oxygen atoms in total. The molecule has 1 aromatic carbocycles. The Bertz CT molecular complexity index is 631. The summed E-state index contributed by atoms with van der Waals surface area (Å²) >= 11 is 0. The molecule has 110 valence electrons. The zero-order chi connectivity index (χ0) is 14.7. The molecule has 1 aliphatic rings. The number of methoxy groups -OCH3 is 1. The fraction of sp³-hybridized carbons (Fsp3) is 0.312. The van der Waals surface area contributed by atoms with E-state index in [1.807, 2.05) is 36.4 Å². The summed E-state index contributed by atoms with van der Waals surface area (Å²) in [5, 5.41) is 3.44. The van der Waals surface area contributed by atoms with Gasteiger partial charge in [0.2, 0.25) is 12.7 Å². The minimum Gasteiger partial charge on any atom is -0.481 e. The Morgan fingerprint density at radius 1 is 1.24 bits per heavy atom. The molecule has 21 heavy (non-hydrogen) atoms. The van der Waals surface area contributed by atoms with Gasteiger partial charge in [-0.3, -0.25) is 0 Å². The molecule has 0 fully saturated rings. The lowest BCUT2D eigenvalue weighted by Gasteiger charge is -2.14. The van der Waals surface area contributed by atoms with Gasteiger partial charge in [-0.15, -0.1) is 0 Å². The Kier molecular flexibility index (Phi) is 3.92. The maximum Gasteiger partial charge on any atom is 0.231 e. The van der Waals surface area contributed by atoms with E-state index in [0.29, 0.717) is 19.2 Å². The van der Waals surface area contributed by atoms with Crippen LogP contribution in [0.4, 0.5) is 0 Å². The third-order valence-corrected chi connectivity index (χ3v) is 3.48. The van der Waals surface area contributed by atoms with Gasteiger partial charge in [-0.25, -0.2) is 4.98 Å². The quantitative estimate of drug-likeness (QED) is 0.915. The van der Waals surface area contributed by atoms with Crippen LogP contribution < -0.4 is 19.5 Å². The molecule has 1 unspecified atom stereocenters. The first-order chi connectivity index (χ1) is 10.3. The summed E-state index contributed by atoms with van der Waals surface area (Å²) in [6, 6.07) is 11.9. The van der Waals surface area contributed by atoms with Crippen molar-refractivity contribution in [2.45, 2.75) is 19.5 Å². The molecule has 2 aromatic rings. The predicted octanol–water partition coefficient (Wildman–Crippen LogP) is 2.67. The lowest BCUT2D eigenvalue weighted by Crippen LogP contribution is -2.18. The second-order valence-electron chi connectivity index (χ2n) is 4.89. The third-order valence-electron chi connectivity index (χ3n) is 3.48. The molecule has 1 aromatic heterocycles. The fourth-order valence-electron chi connectivity index (χ4n) is 2.23. The summed E-state index contributed by atoms with van der Waals surface area (Å²) in [6.45, 7) is 3.08. The Hall–Kier alpha value is -2.27. The highest BCUT2D eigenvalue weighted by Crippen LogP contribution is 2.34. The lowest BCUT2D eigenvalue weighted by molar-refractivity contribution is 0.174. The summed E-state index contributed by atoms with van der Waals surface area (Å²) in [4.78, 5) is 4.39. The Morgan fingerprint density at radius 3 is 2.95 bits per heavy atom. The van der Waals surface area contributed by atoms with E-state index >= 15 is 0 Å². The summed E-state index contributed by atoms with van der Waals surface area (Å²) < 4.78 is 15.9. The van der Waals surface area contributed by atoms with Crippen LogP contribution in [0.1, 0.15) is 24.2 Å². The van der Waals surface area contributed by atoms with Crippen LogP contribution >= 0.6 is 0 Å². The zero-order valence-electron chi connectivity index (χ0n) is 12.1. The minimum atomic E-state index is 0.188. The van der Waals surface area contributed by atoms with Crippen LogP contribution in [0.15, 0.2) is 36.4 Å². The van der Waals surface area contributed by atoms with Crippen molar-refractivity contribution >= 4 is 0 Å². The van der Waals surface area contributed by atoms with Crippen LogP contribution in [-0.4, -0.2) is 18.9 Å². The van der Waals surface area contributed by atoms with Crippen molar-refractivity contribution in [2.24, 2.45) is 0 Å². The molecule has 0 aliphatic carbocycles. The molecule has 0 saturated heterocycles. The summed E-state index contributed by atoms with van der Waals surface area (Å²) in [5.74, 6) is 2.24. The van der Waals surface area contributed by atoms with E-state index in [4.69, 9.17) is 14.2 Å². The average molecular weight is 286 g/mol. The van der Waals surface area contributed by atoms with Gasteiger partial charge >= 0.3 is 0 Å². The molecule has 3 rings (SSSR count). The van der Waals surface area contributed by atoms with E-state index in [2.05, 4.69) is 17.2 Å². The Labute approximate surface area is 123 Å². The van der Waals surface area contributed by atoms with Gasteiger partial charge in [-0.1, -0.05) is 12.1 Å². The van der Waals surface area contributed by atoms with Crippen molar-refractivity contribution in [2.75, 3.05) is 13.9 Å². The molecule has 1 atom stereocenters. The first-order valence-corrected chi connectivity index (χ1v) is 6.89. The van der Waals surface area contributed by atoms with Gasteiger partial charge < -0.3 is 19.5 Å². The van der Waals surface area contributed by atoms with Crippen molar-refractivity contribution in [1.82, 2.24) is 10.3 Å². The van der Waals surface area contributed by atoms with Gasteiger partial charge in [0, 0.05) is 18.7 Å². The minimum absolute atomic E-state index is 0.188. The van der Waals surface area contributed by atoms with E-state index in [1.165, 1.54) is 0 Å². The largest absolute Gasteiger partial charge is 0.481 e. The number of aromatic nitrogens is 1. The highest BCUT2D eigenvalue weighted by molar-refractivity contribution is 5.45. The van der Waals surface area contributed by atoms with Crippen LogP contribution in [0.3, 0.4) is 0 Å². The number of benzene rings is 1. The van der Waals surface area contributed by atoms with Crippen LogP contribution in [0.5, 0.6) is 17.4 Å². The van der Waals surface area contributed by atoms with Gasteiger partial charge in [0.1, 0.15) is 0 Å². The van der Waals surface area contributed by atoms with Gasteiger partial charge in [0.05, 0.1) is 12.8 Å². The van der Waals surface area contributed by atoms with E-state index in [-0.39, 0.29) is 6.04 Å². The first kappa shape index (κ1) is 13.7. The van der Waals surface area contributed by atoms with E-state index < -0.39 is 0 Å². The molecular formula is C16H18N2O3. The van der Waals surface area contributed by atoms with E-state index in [9.17, 15) is 0 Å². The third kappa shape index (κ3) is 3.08.